The minimum Gasteiger partial charge on any atom is -0.497 e. The van der Waals surface area contributed by atoms with Crippen molar-refractivity contribution >= 4 is 10.8 Å². The molecule has 1 aromatic heterocycles. The number of rotatable bonds is 4. The Morgan fingerprint density at radius 3 is 2.81 bits per heavy atom. The fraction of sp³-hybridized carbons (Fsp3) is 0.235. The first kappa shape index (κ1) is 13.6. The van der Waals surface area contributed by atoms with E-state index in [0.29, 0.717) is 12.1 Å². The number of aryl methyl sites for hydroxylation is 1. The highest BCUT2D eigenvalue weighted by molar-refractivity contribution is 5.87. The maximum atomic E-state index is 10.4. The molecule has 0 spiro atoms. The second-order valence-electron chi connectivity index (χ2n) is 5.14. The molecule has 1 heterocycles. The summed E-state index contributed by atoms with van der Waals surface area (Å²) in [6.07, 6.45) is 1.76. The quantitative estimate of drug-likeness (QED) is 0.800. The summed E-state index contributed by atoms with van der Waals surface area (Å²) in [5.74, 6) is 0.822. The first-order valence-corrected chi connectivity index (χ1v) is 6.90. The van der Waals surface area contributed by atoms with Crippen LogP contribution in [0.25, 0.3) is 10.8 Å². The highest BCUT2D eigenvalue weighted by atomic mass is 16.5. The van der Waals surface area contributed by atoms with Crippen molar-refractivity contribution in [1.82, 2.24) is 9.78 Å². The SMILES string of the molecule is COc1ccc2cccc(CC(O)c3ccn(C)n3)c2c1. The molecule has 0 radical (unpaired) electrons. The number of nitrogens with zero attached hydrogens (tertiary/aromatic N) is 2. The van der Waals surface area contributed by atoms with Gasteiger partial charge in [0.25, 0.3) is 0 Å². The molecule has 108 valence electrons. The lowest BCUT2D eigenvalue weighted by molar-refractivity contribution is 0.173. The summed E-state index contributed by atoms with van der Waals surface area (Å²) in [6, 6.07) is 13.9. The lowest BCUT2D eigenvalue weighted by Crippen LogP contribution is -2.04. The molecule has 0 amide bonds. The number of aliphatic hydroxyl groups is 1. The van der Waals surface area contributed by atoms with E-state index in [1.165, 1.54) is 0 Å². The average molecular weight is 282 g/mol. The van der Waals surface area contributed by atoms with Crippen molar-refractivity contribution in [3.05, 3.63) is 59.9 Å². The summed E-state index contributed by atoms with van der Waals surface area (Å²) in [7, 11) is 3.51. The Balaban J connectivity index is 1.96. The van der Waals surface area contributed by atoms with Crippen molar-refractivity contribution in [3.63, 3.8) is 0 Å². The lowest BCUT2D eigenvalue weighted by Gasteiger charge is -2.11. The number of benzene rings is 2. The van der Waals surface area contributed by atoms with Crippen LogP contribution in [-0.2, 0) is 13.5 Å². The van der Waals surface area contributed by atoms with Crippen LogP contribution < -0.4 is 4.74 Å². The molecule has 0 fully saturated rings. The van der Waals surface area contributed by atoms with E-state index in [9.17, 15) is 5.11 Å². The molecule has 0 saturated heterocycles. The molecule has 3 rings (SSSR count). The van der Waals surface area contributed by atoms with Gasteiger partial charge < -0.3 is 9.84 Å². The van der Waals surface area contributed by atoms with Crippen LogP contribution in [0.5, 0.6) is 5.75 Å². The molecule has 4 heteroatoms. The van der Waals surface area contributed by atoms with Gasteiger partial charge in [0, 0.05) is 19.7 Å². The first-order chi connectivity index (χ1) is 10.2. The van der Waals surface area contributed by atoms with E-state index in [1.807, 2.05) is 49.6 Å². The predicted molar refractivity (Wildman–Crippen MR) is 82.4 cm³/mol. The summed E-state index contributed by atoms with van der Waals surface area (Å²) in [6.45, 7) is 0. The van der Waals surface area contributed by atoms with Crippen molar-refractivity contribution in [1.29, 1.82) is 0 Å². The highest BCUT2D eigenvalue weighted by Gasteiger charge is 2.13. The molecule has 0 aliphatic heterocycles. The number of ether oxygens (including phenoxy) is 1. The second-order valence-corrected chi connectivity index (χ2v) is 5.14. The summed E-state index contributed by atoms with van der Waals surface area (Å²) in [5, 5.41) is 16.9. The van der Waals surface area contributed by atoms with Crippen LogP contribution in [0.4, 0.5) is 0 Å². The van der Waals surface area contributed by atoms with Crippen LogP contribution in [-0.4, -0.2) is 22.0 Å². The van der Waals surface area contributed by atoms with Crippen LogP contribution in [0.3, 0.4) is 0 Å². The van der Waals surface area contributed by atoms with Crippen LogP contribution >= 0.6 is 0 Å². The van der Waals surface area contributed by atoms with Crippen LogP contribution in [0.15, 0.2) is 48.7 Å². The van der Waals surface area contributed by atoms with Gasteiger partial charge in [-0.15, -0.1) is 0 Å². The lowest BCUT2D eigenvalue weighted by atomic mass is 9.98. The Morgan fingerprint density at radius 1 is 1.24 bits per heavy atom. The largest absolute Gasteiger partial charge is 0.497 e. The van der Waals surface area contributed by atoms with E-state index in [1.54, 1.807) is 11.8 Å². The zero-order chi connectivity index (χ0) is 14.8. The maximum absolute atomic E-state index is 10.4. The van der Waals surface area contributed by atoms with Crippen LogP contribution in [0, 0.1) is 0 Å². The Kier molecular flexibility index (Phi) is 3.62. The minimum atomic E-state index is -0.608. The molecular formula is C17H18N2O2. The van der Waals surface area contributed by atoms with E-state index >= 15 is 0 Å². The molecule has 21 heavy (non-hydrogen) atoms. The maximum Gasteiger partial charge on any atom is 0.119 e. The third-order valence-electron chi connectivity index (χ3n) is 3.67. The van der Waals surface area contributed by atoms with Crippen molar-refractivity contribution in [2.24, 2.45) is 7.05 Å². The normalized spacial score (nSPS) is 12.5. The topological polar surface area (TPSA) is 47.3 Å². The first-order valence-electron chi connectivity index (χ1n) is 6.90. The van der Waals surface area contributed by atoms with E-state index < -0.39 is 6.10 Å². The van der Waals surface area contributed by atoms with E-state index in [4.69, 9.17) is 4.74 Å². The Morgan fingerprint density at radius 2 is 2.10 bits per heavy atom. The van der Waals surface area contributed by atoms with E-state index in [0.717, 1.165) is 22.1 Å². The smallest absolute Gasteiger partial charge is 0.119 e. The van der Waals surface area contributed by atoms with E-state index in [2.05, 4.69) is 11.2 Å². The fourth-order valence-corrected chi connectivity index (χ4v) is 2.55. The standard InChI is InChI=1S/C17H18N2O2/c1-19-9-8-16(18-19)17(20)10-13-5-3-4-12-6-7-14(21-2)11-15(12)13/h3-9,11,17,20H,10H2,1-2H3. The molecule has 0 aliphatic carbocycles. The van der Waals surface area contributed by atoms with Gasteiger partial charge in [-0.1, -0.05) is 24.3 Å². The van der Waals surface area contributed by atoms with Crippen molar-refractivity contribution in [2.75, 3.05) is 7.11 Å². The van der Waals surface area contributed by atoms with Gasteiger partial charge in [0.05, 0.1) is 12.8 Å². The highest BCUT2D eigenvalue weighted by Crippen LogP contribution is 2.27. The second kappa shape index (κ2) is 5.58. The average Bonchev–Trinajstić information content (AvgIpc) is 2.94. The number of aromatic nitrogens is 2. The van der Waals surface area contributed by atoms with Crippen molar-refractivity contribution < 1.29 is 9.84 Å². The van der Waals surface area contributed by atoms with Crippen LogP contribution in [0.1, 0.15) is 17.4 Å². The molecule has 1 atom stereocenters. The zero-order valence-electron chi connectivity index (χ0n) is 12.2. The Bertz CT molecular complexity index is 764. The van der Waals surface area contributed by atoms with Crippen molar-refractivity contribution in [2.45, 2.75) is 12.5 Å². The molecule has 0 saturated carbocycles. The molecule has 2 aromatic carbocycles. The fourth-order valence-electron chi connectivity index (χ4n) is 2.55. The summed E-state index contributed by atoms with van der Waals surface area (Å²) in [5.41, 5.74) is 1.78. The minimum absolute atomic E-state index is 0.529. The van der Waals surface area contributed by atoms with Gasteiger partial charge in [-0.3, -0.25) is 4.68 Å². The van der Waals surface area contributed by atoms with Gasteiger partial charge in [-0.05, 0) is 34.5 Å². The van der Waals surface area contributed by atoms with Gasteiger partial charge >= 0.3 is 0 Å². The van der Waals surface area contributed by atoms with Gasteiger partial charge in [0.1, 0.15) is 11.9 Å². The Hall–Kier alpha value is -2.33. The summed E-state index contributed by atoms with van der Waals surface area (Å²) >= 11 is 0. The van der Waals surface area contributed by atoms with E-state index in [-0.39, 0.29) is 0 Å². The predicted octanol–water partition coefficient (Wildman–Crippen LogP) is 2.86. The number of hydrogen-bond donors (Lipinski definition) is 1. The molecule has 1 N–H and O–H groups in total. The third-order valence-corrected chi connectivity index (χ3v) is 3.67. The number of hydrogen-bond acceptors (Lipinski definition) is 3. The molecular weight excluding hydrogens is 264 g/mol. The zero-order valence-corrected chi connectivity index (χ0v) is 12.2. The molecule has 0 bridgehead atoms. The number of methoxy groups -OCH3 is 1. The molecule has 4 nitrogen and oxygen atoms in total. The van der Waals surface area contributed by atoms with Gasteiger partial charge in [0.2, 0.25) is 0 Å². The van der Waals surface area contributed by atoms with Gasteiger partial charge in [-0.2, -0.15) is 5.10 Å². The Labute approximate surface area is 123 Å². The molecule has 1 unspecified atom stereocenters. The molecule has 0 aliphatic rings. The van der Waals surface area contributed by atoms with Gasteiger partial charge in [0.15, 0.2) is 0 Å². The number of fused-ring (bicyclic) bond motifs is 1. The number of aliphatic hydroxyl groups excluding tert-OH is 1. The molecule has 3 aromatic rings. The monoisotopic (exact) mass is 282 g/mol. The van der Waals surface area contributed by atoms with Crippen molar-refractivity contribution in [3.8, 4) is 5.75 Å². The third kappa shape index (κ3) is 2.76. The summed E-state index contributed by atoms with van der Waals surface area (Å²) < 4.78 is 6.99. The van der Waals surface area contributed by atoms with Crippen LogP contribution in [0.2, 0.25) is 0 Å². The van der Waals surface area contributed by atoms with Gasteiger partial charge in [-0.25, -0.2) is 0 Å². The summed E-state index contributed by atoms with van der Waals surface area (Å²) in [4.78, 5) is 0.